The Morgan fingerprint density at radius 3 is 2.70 bits per heavy atom. The standard InChI is InChI=1S/C14H18O6/c1-18-14(17)13-11(16)12(10(15)8-20-13)19-7-9-5-3-2-4-6-9/h2-6,10-13,15-16H,7-8H2,1H3/t10-,11-,12?,13-/m1/s1. The molecule has 0 spiro atoms. The first-order chi connectivity index (χ1) is 9.63. The Morgan fingerprint density at radius 1 is 1.35 bits per heavy atom. The van der Waals surface area contributed by atoms with Crippen molar-refractivity contribution in [3.63, 3.8) is 0 Å². The third kappa shape index (κ3) is 3.34. The molecule has 110 valence electrons. The number of hydrogen-bond donors (Lipinski definition) is 2. The van der Waals surface area contributed by atoms with E-state index in [9.17, 15) is 15.0 Å². The summed E-state index contributed by atoms with van der Waals surface area (Å²) >= 11 is 0. The summed E-state index contributed by atoms with van der Waals surface area (Å²) in [5.41, 5.74) is 0.910. The summed E-state index contributed by atoms with van der Waals surface area (Å²) < 4.78 is 15.2. The number of ether oxygens (including phenoxy) is 3. The summed E-state index contributed by atoms with van der Waals surface area (Å²) in [6.45, 7) is 0.143. The minimum Gasteiger partial charge on any atom is -0.467 e. The molecule has 6 nitrogen and oxygen atoms in total. The Kier molecular flexibility index (Phi) is 5.08. The number of carbonyl (C=O) groups excluding carboxylic acids is 1. The molecule has 1 heterocycles. The summed E-state index contributed by atoms with van der Waals surface area (Å²) in [4.78, 5) is 11.5. The first-order valence-corrected chi connectivity index (χ1v) is 6.34. The molecule has 1 aliphatic rings. The maximum atomic E-state index is 11.5. The first-order valence-electron chi connectivity index (χ1n) is 6.34. The SMILES string of the molecule is COC(=O)[C@@H]1OC[C@@H](O)C(OCc2ccccc2)[C@H]1O. The lowest BCUT2D eigenvalue weighted by Crippen LogP contribution is -2.56. The molecule has 0 saturated carbocycles. The van der Waals surface area contributed by atoms with Crippen LogP contribution in [0.4, 0.5) is 0 Å². The minimum absolute atomic E-state index is 0.0870. The molecule has 1 aliphatic heterocycles. The fourth-order valence-electron chi connectivity index (χ4n) is 2.10. The fourth-order valence-corrected chi connectivity index (χ4v) is 2.10. The molecular formula is C14H18O6. The van der Waals surface area contributed by atoms with Crippen LogP contribution >= 0.6 is 0 Å². The molecule has 0 aliphatic carbocycles. The van der Waals surface area contributed by atoms with Crippen molar-refractivity contribution in [1.29, 1.82) is 0 Å². The lowest BCUT2D eigenvalue weighted by molar-refractivity contribution is -0.216. The van der Waals surface area contributed by atoms with Crippen molar-refractivity contribution >= 4 is 5.97 Å². The van der Waals surface area contributed by atoms with Crippen molar-refractivity contribution < 1.29 is 29.2 Å². The normalized spacial score (nSPS) is 29.9. The van der Waals surface area contributed by atoms with Gasteiger partial charge in [0.15, 0.2) is 6.10 Å². The van der Waals surface area contributed by atoms with Crippen LogP contribution in [0.15, 0.2) is 30.3 Å². The van der Waals surface area contributed by atoms with Crippen molar-refractivity contribution in [3.05, 3.63) is 35.9 Å². The van der Waals surface area contributed by atoms with Gasteiger partial charge in [-0.15, -0.1) is 0 Å². The molecule has 4 atom stereocenters. The predicted molar refractivity (Wildman–Crippen MR) is 68.8 cm³/mol. The summed E-state index contributed by atoms with van der Waals surface area (Å²) in [6, 6.07) is 9.36. The number of benzene rings is 1. The zero-order chi connectivity index (χ0) is 14.5. The highest BCUT2D eigenvalue weighted by Crippen LogP contribution is 2.20. The van der Waals surface area contributed by atoms with Crippen LogP contribution in [0.5, 0.6) is 0 Å². The quantitative estimate of drug-likeness (QED) is 0.748. The molecule has 0 aromatic heterocycles. The Labute approximate surface area is 116 Å². The Morgan fingerprint density at radius 2 is 2.05 bits per heavy atom. The Bertz CT molecular complexity index is 435. The number of aliphatic hydroxyl groups is 2. The lowest BCUT2D eigenvalue weighted by Gasteiger charge is -2.36. The molecule has 2 N–H and O–H groups in total. The van der Waals surface area contributed by atoms with Crippen LogP contribution in [0.25, 0.3) is 0 Å². The molecule has 1 unspecified atom stereocenters. The van der Waals surface area contributed by atoms with Gasteiger partial charge in [0.25, 0.3) is 0 Å². The fraction of sp³-hybridized carbons (Fsp3) is 0.500. The summed E-state index contributed by atoms with van der Waals surface area (Å²) in [5.74, 6) is -0.683. The van der Waals surface area contributed by atoms with Crippen molar-refractivity contribution in [2.45, 2.75) is 31.0 Å². The zero-order valence-corrected chi connectivity index (χ0v) is 11.1. The Balaban J connectivity index is 1.99. The average Bonchev–Trinajstić information content (AvgIpc) is 2.47. The molecule has 0 bridgehead atoms. The number of rotatable bonds is 4. The van der Waals surface area contributed by atoms with Crippen LogP contribution in [0.3, 0.4) is 0 Å². The van der Waals surface area contributed by atoms with E-state index < -0.39 is 30.4 Å². The molecule has 1 saturated heterocycles. The summed E-state index contributed by atoms with van der Waals surface area (Å²) in [5, 5.41) is 19.9. The number of esters is 1. The van der Waals surface area contributed by atoms with E-state index >= 15 is 0 Å². The average molecular weight is 282 g/mol. The maximum Gasteiger partial charge on any atom is 0.337 e. The van der Waals surface area contributed by atoms with Crippen LogP contribution in [0.2, 0.25) is 0 Å². The number of carbonyl (C=O) groups is 1. The molecule has 2 rings (SSSR count). The van der Waals surface area contributed by atoms with Gasteiger partial charge in [0.1, 0.15) is 18.3 Å². The van der Waals surface area contributed by atoms with E-state index in [1.54, 1.807) is 0 Å². The molecule has 0 amide bonds. The van der Waals surface area contributed by atoms with Gasteiger partial charge in [0.05, 0.1) is 20.3 Å². The molecule has 20 heavy (non-hydrogen) atoms. The summed E-state index contributed by atoms with van der Waals surface area (Å²) in [6.07, 6.45) is -4.29. The van der Waals surface area contributed by atoms with Crippen molar-refractivity contribution in [2.24, 2.45) is 0 Å². The highest BCUT2D eigenvalue weighted by atomic mass is 16.6. The lowest BCUT2D eigenvalue weighted by atomic mass is 10.00. The highest BCUT2D eigenvalue weighted by molar-refractivity contribution is 5.75. The van der Waals surface area contributed by atoms with E-state index in [1.165, 1.54) is 7.11 Å². The molecule has 6 heteroatoms. The van der Waals surface area contributed by atoms with E-state index in [1.807, 2.05) is 30.3 Å². The van der Waals surface area contributed by atoms with Crippen LogP contribution < -0.4 is 0 Å². The van der Waals surface area contributed by atoms with E-state index in [2.05, 4.69) is 4.74 Å². The van der Waals surface area contributed by atoms with Crippen LogP contribution in [-0.4, -0.2) is 54.3 Å². The van der Waals surface area contributed by atoms with Gasteiger partial charge in [0, 0.05) is 0 Å². The van der Waals surface area contributed by atoms with E-state index in [4.69, 9.17) is 9.47 Å². The van der Waals surface area contributed by atoms with E-state index in [-0.39, 0.29) is 13.2 Å². The number of methoxy groups -OCH3 is 1. The molecule has 0 radical (unpaired) electrons. The molecule has 1 aromatic carbocycles. The van der Waals surface area contributed by atoms with Crippen molar-refractivity contribution in [1.82, 2.24) is 0 Å². The third-order valence-corrected chi connectivity index (χ3v) is 3.19. The van der Waals surface area contributed by atoms with Gasteiger partial charge < -0.3 is 24.4 Å². The second-order valence-electron chi connectivity index (χ2n) is 4.60. The van der Waals surface area contributed by atoms with Gasteiger partial charge in [-0.2, -0.15) is 0 Å². The van der Waals surface area contributed by atoms with Crippen LogP contribution in [0, 0.1) is 0 Å². The Hall–Kier alpha value is -1.47. The van der Waals surface area contributed by atoms with Gasteiger partial charge in [-0.1, -0.05) is 30.3 Å². The smallest absolute Gasteiger partial charge is 0.337 e. The summed E-state index contributed by atoms with van der Waals surface area (Å²) in [7, 11) is 1.21. The first kappa shape index (κ1) is 14.9. The molecule has 1 aromatic rings. The van der Waals surface area contributed by atoms with Gasteiger partial charge in [0.2, 0.25) is 0 Å². The van der Waals surface area contributed by atoms with Gasteiger partial charge in [-0.3, -0.25) is 0 Å². The van der Waals surface area contributed by atoms with Gasteiger partial charge >= 0.3 is 5.97 Å². The monoisotopic (exact) mass is 282 g/mol. The van der Waals surface area contributed by atoms with Crippen molar-refractivity contribution in [3.8, 4) is 0 Å². The highest BCUT2D eigenvalue weighted by Gasteiger charge is 2.43. The predicted octanol–water partition coefficient (Wildman–Crippen LogP) is -0.135. The number of aliphatic hydroxyl groups excluding tert-OH is 2. The number of hydrogen-bond acceptors (Lipinski definition) is 6. The minimum atomic E-state index is -1.27. The van der Waals surface area contributed by atoms with E-state index in [0.717, 1.165) is 5.56 Å². The topological polar surface area (TPSA) is 85.2 Å². The molecule has 1 fully saturated rings. The van der Waals surface area contributed by atoms with Gasteiger partial charge in [-0.25, -0.2) is 4.79 Å². The van der Waals surface area contributed by atoms with Crippen molar-refractivity contribution in [2.75, 3.05) is 13.7 Å². The second kappa shape index (κ2) is 6.81. The van der Waals surface area contributed by atoms with Gasteiger partial charge in [-0.05, 0) is 5.56 Å². The van der Waals surface area contributed by atoms with Crippen LogP contribution in [0.1, 0.15) is 5.56 Å². The molecular weight excluding hydrogens is 264 g/mol. The largest absolute Gasteiger partial charge is 0.467 e. The maximum absolute atomic E-state index is 11.5. The third-order valence-electron chi connectivity index (χ3n) is 3.19. The van der Waals surface area contributed by atoms with Crippen LogP contribution in [-0.2, 0) is 25.6 Å². The second-order valence-corrected chi connectivity index (χ2v) is 4.60. The van der Waals surface area contributed by atoms with E-state index in [0.29, 0.717) is 0 Å². The zero-order valence-electron chi connectivity index (χ0n) is 11.1.